The number of anilines is 1. The lowest BCUT2D eigenvalue weighted by Gasteiger charge is -2.20. The van der Waals surface area contributed by atoms with Gasteiger partial charge in [0.2, 0.25) is 0 Å². The molecule has 5 heteroatoms. The lowest BCUT2D eigenvalue weighted by Crippen LogP contribution is -2.88. The van der Waals surface area contributed by atoms with Gasteiger partial charge in [-0.15, -0.1) is 0 Å². The third-order valence-corrected chi connectivity index (χ3v) is 4.93. The quantitative estimate of drug-likeness (QED) is 0.691. The van der Waals surface area contributed by atoms with Crippen LogP contribution in [0.3, 0.4) is 0 Å². The number of nitrogens with two attached hydrogens (primary N) is 1. The number of rotatable bonds is 9. The summed E-state index contributed by atoms with van der Waals surface area (Å²) in [5, 5.41) is 5.03. The Hall–Kier alpha value is -2.53. The Morgan fingerprint density at radius 1 is 0.929 bits per heavy atom. The molecule has 3 N–H and O–H groups in total. The molecule has 2 rings (SSSR count). The van der Waals surface area contributed by atoms with E-state index in [2.05, 4.69) is 62.6 Å². The number of hydrogen-bond acceptors (Lipinski definition) is 3. The summed E-state index contributed by atoms with van der Waals surface area (Å²) < 4.78 is 10.5. The Labute approximate surface area is 168 Å². The van der Waals surface area contributed by atoms with Crippen molar-refractivity contribution in [1.82, 2.24) is 0 Å². The summed E-state index contributed by atoms with van der Waals surface area (Å²) in [6, 6.07) is 14.3. The highest BCUT2D eigenvalue weighted by Crippen LogP contribution is 2.29. The first-order valence-electron chi connectivity index (χ1n) is 9.80. The van der Waals surface area contributed by atoms with Crippen molar-refractivity contribution in [3.63, 3.8) is 0 Å². The first-order chi connectivity index (χ1) is 13.3. The van der Waals surface area contributed by atoms with Crippen molar-refractivity contribution in [3.8, 4) is 11.5 Å². The number of nitrogens with one attached hydrogen (secondary N) is 1. The van der Waals surface area contributed by atoms with Gasteiger partial charge in [0.15, 0.2) is 18.0 Å². The molecule has 0 aliphatic carbocycles. The van der Waals surface area contributed by atoms with Crippen LogP contribution in [-0.2, 0) is 4.79 Å². The largest absolute Gasteiger partial charge is 0.493 e. The van der Waals surface area contributed by atoms with Gasteiger partial charge >= 0.3 is 0 Å². The predicted molar refractivity (Wildman–Crippen MR) is 113 cm³/mol. The molecule has 0 aliphatic rings. The van der Waals surface area contributed by atoms with Crippen LogP contribution in [0, 0.1) is 5.92 Å². The number of carbonyl (C=O) groups excluding carboxylic acids is 1. The molecular formula is C23H33N2O3+. The number of amides is 1. The van der Waals surface area contributed by atoms with Gasteiger partial charge < -0.3 is 20.1 Å². The van der Waals surface area contributed by atoms with E-state index < -0.39 is 0 Å². The summed E-state index contributed by atoms with van der Waals surface area (Å²) in [6.45, 7) is 9.11. The Bertz CT molecular complexity index is 770. The van der Waals surface area contributed by atoms with Crippen LogP contribution in [0.4, 0.5) is 5.69 Å². The molecule has 0 bridgehead atoms. The molecule has 28 heavy (non-hydrogen) atoms. The molecule has 0 saturated heterocycles. The average molecular weight is 386 g/mol. The molecular weight excluding hydrogens is 352 g/mol. The zero-order valence-corrected chi connectivity index (χ0v) is 17.8. The van der Waals surface area contributed by atoms with E-state index in [0.717, 1.165) is 0 Å². The minimum absolute atomic E-state index is 0.0447. The number of carbonyl (C=O) groups is 1. The predicted octanol–water partition coefficient (Wildman–Crippen LogP) is 3.73. The van der Waals surface area contributed by atoms with E-state index in [4.69, 9.17) is 9.47 Å². The minimum atomic E-state index is -0.0447. The van der Waals surface area contributed by atoms with E-state index in [1.54, 1.807) is 26.4 Å². The molecule has 2 aromatic carbocycles. The van der Waals surface area contributed by atoms with Crippen LogP contribution < -0.4 is 20.1 Å². The molecule has 1 atom stereocenters. The highest BCUT2D eigenvalue weighted by molar-refractivity contribution is 5.91. The maximum atomic E-state index is 12.5. The zero-order valence-electron chi connectivity index (χ0n) is 17.8. The standard InChI is InChI=1S/C23H32N2O3/c1-15(2)17-7-9-18(10-8-17)23(16(3)4)24-14-22(26)25-19-11-12-20(27-5)21(13-19)28-6/h7-13,15-16,23-24H,14H2,1-6H3,(H,25,26)/p+1/t23-/m1/s1. The van der Waals surface area contributed by atoms with Gasteiger partial charge in [-0.3, -0.25) is 4.79 Å². The van der Waals surface area contributed by atoms with Crippen LogP contribution in [0.25, 0.3) is 0 Å². The molecule has 0 heterocycles. The van der Waals surface area contributed by atoms with Gasteiger partial charge in [0.05, 0.1) is 14.2 Å². The molecule has 2 aromatic rings. The van der Waals surface area contributed by atoms with Crippen LogP contribution in [-0.4, -0.2) is 26.7 Å². The number of quaternary nitrogens is 1. The SMILES string of the molecule is COc1ccc(NC(=O)C[NH2+][C@@H](c2ccc(C(C)C)cc2)C(C)C)cc1OC. The number of hydrogen-bond donors (Lipinski definition) is 2. The van der Waals surface area contributed by atoms with Crippen LogP contribution >= 0.6 is 0 Å². The molecule has 0 radical (unpaired) electrons. The van der Waals surface area contributed by atoms with E-state index >= 15 is 0 Å². The maximum Gasteiger partial charge on any atom is 0.279 e. The molecule has 0 aromatic heterocycles. The van der Waals surface area contributed by atoms with Crippen molar-refractivity contribution < 1.29 is 19.6 Å². The van der Waals surface area contributed by atoms with Crippen LogP contribution in [0.1, 0.15) is 50.8 Å². The summed E-state index contributed by atoms with van der Waals surface area (Å²) in [5.74, 6) is 2.12. The van der Waals surface area contributed by atoms with Gasteiger partial charge in [0.25, 0.3) is 5.91 Å². The second-order valence-electron chi connectivity index (χ2n) is 7.65. The number of ether oxygens (including phenoxy) is 2. The summed E-state index contributed by atoms with van der Waals surface area (Å²) in [5.41, 5.74) is 3.27. The van der Waals surface area contributed by atoms with E-state index in [1.807, 2.05) is 6.07 Å². The van der Waals surface area contributed by atoms with Gasteiger partial charge in [-0.25, -0.2) is 0 Å². The molecule has 5 nitrogen and oxygen atoms in total. The maximum absolute atomic E-state index is 12.5. The molecule has 1 amide bonds. The fraction of sp³-hybridized carbons (Fsp3) is 0.435. The van der Waals surface area contributed by atoms with Crippen LogP contribution in [0.5, 0.6) is 11.5 Å². The molecule has 0 spiro atoms. The van der Waals surface area contributed by atoms with Gasteiger partial charge in [-0.2, -0.15) is 0 Å². The second kappa shape index (κ2) is 10.1. The van der Waals surface area contributed by atoms with E-state index in [1.165, 1.54) is 11.1 Å². The summed E-state index contributed by atoms with van der Waals surface area (Å²) in [4.78, 5) is 12.5. The van der Waals surface area contributed by atoms with Crippen molar-refractivity contribution in [2.24, 2.45) is 5.92 Å². The van der Waals surface area contributed by atoms with Crippen molar-refractivity contribution in [1.29, 1.82) is 0 Å². The zero-order chi connectivity index (χ0) is 20.7. The first-order valence-corrected chi connectivity index (χ1v) is 9.80. The summed E-state index contributed by atoms with van der Waals surface area (Å²) in [6.07, 6.45) is 0. The lowest BCUT2D eigenvalue weighted by atomic mass is 9.93. The summed E-state index contributed by atoms with van der Waals surface area (Å²) >= 11 is 0. The van der Waals surface area contributed by atoms with Gasteiger partial charge in [0, 0.05) is 23.2 Å². The third-order valence-electron chi connectivity index (χ3n) is 4.93. The first kappa shape index (κ1) is 21.8. The van der Waals surface area contributed by atoms with Crippen molar-refractivity contribution >= 4 is 11.6 Å². The number of methoxy groups -OCH3 is 2. The smallest absolute Gasteiger partial charge is 0.279 e. The minimum Gasteiger partial charge on any atom is -0.493 e. The topological polar surface area (TPSA) is 64.2 Å². The van der Waals surface area contributed by atoms with Gasteiger partial charge in [0.1, 0.15) is 6.04 Å². The normalized spacial score (nSPS) is 12.1. The molecule has 0 unspecified atom stereocenters. The number of benzene rings is 2. The molecule has 0 fully saturated rings. The fourth-order valence-corrected chi connectivity index (χ4v) is 3.26. The van der Waals surface area contributed by atoms with Crippen LogP contribution in [0.15, 0.2) is 42.5 Å². The van der Waals surface area contributed by atoms with Crippen LogP contribution in [0.2, 0.25) is 0 Å². The van der Waals surface area contributed by atoms with Crippen molar-refractivity contribution in [2.75, 3.05) is 26.1 Å². The van der Waals surface area contributed by atoms with Gasteiger partial charge in [-0.1, -0.05) is 52.0 Å². The molecule has 152 valence electrons. The Morgan fingerprint density at radius 3 is 2.07 bits per heavy atom. The monoisotopic (exact) mass is 385 g/mol. The van der Waals surface area contributed by atoms with E-state index in [-0.39, 0.29) is 11.9 Å². The highest BCUT2D eigenvalue weighted by Gasteiger charge is 2.21. The Morgan fingerprint density at radius 2 is 1.54 bits per heavy atom. The van der Waals surface area contributed by atoms with Crippen molar-refractivity contribution in [3.05, 3.63) is 53.6 Å². The Balaban J connectivity index is 2.00. The lowest BCUT2D eigenvalue weighted by molar-refractivity contribution is -0.692. The van der Waals surface area contributed by atoms with E-state index in [0.29, 0.717) is 35.6 Å². The average Bonchev–Trinajstić information content (AvgIpc) is 2.68. The molecule has 0 aliphatic heterocycles. The third kappa shape index (κ3) is 5.73. The fourth-order valence-electron chi connectivity index (χ4n) is 3.26. The van der Waals surface area contributed by atoms with Crippen molar-refractivity contribution in [2.45, 2.75) is 39.7 Å². The summed E-state index contributed by atoms with van der Waals surface area (Å²) in [7, 11) is 3.17. The second-order valence-corrected chi connectivity index (χ2v) is 7.65. The highest BCUT2D eigenvalue weighted by atomic mass is 16.5. The molecule has 0 saturated carbocycles. The van der Waals surface area contributed by atoms with E-state index in [9.17, 15) is 4.79 Å². The van der Waals surface area contributed by atoms with Gasteiger partial charge in [-0.05, 0) is 23.6 Å². The Kier molecular flexibility index (Phi) is 7.88.